The van der Waals surface area contributed by atoms with Crippen molar-refractivity contribution in [3.8, 4) is 0 Å². The van der Waals surface area contributed by atoms with Crippen molar-refractivity contribution in [2.24, 2.45) is 0 Å². The molecule has 8 nitrogen and oxygen atoms in total. The highest BCUT2D eigenvalue weighted by molar-refractivity contribution is 7.09. The molecule has 3 rings (SSSR count). The largest absolute Gasteiger partial charge is 0.461 e. The summed E-state index contributed by atoms with van der Waals surface area (Å²) in [4.78, 5) is 44.2. The zero-order chi connectivity index (χ0) is 23.3. The highest BCUT2D eigenvalue weighted by Gasteiger charge is 2.24. The molecule has 0 aliphatic heterocycles. The number of carbonyl (C=O) groups excluding carboxylic acids is 3. The number of aromatic nitrogens is 2. The van der Waals surface area contributed by atoms with E-state index < -0.39 is 11.9 Å². The van der Waals surface area contributed by atoms with Gasteiger partial charge in [0.15, 0.2) is 0 Å². The fraction of sp³-hybridized carbons (Fsp3) is 0.304. The number of benzene rings is 1. The smallest absolute Gasteiger partial charge is 0.355 e. The van der Waals surface area contributed by atoms with Crippen molar-refractivity contribution in [2.45, 2.75) is 40.7 Å². The van der Waals surface area contributed by atoms with Gasteiger partial charge in [0.2, 0.25) is 5.91 Å². The lowest BCUT2D eigenvalue weighted by atomic mass is 10.1. The number of H-pyrrole nitrogens is 1. The van der Waals surface area contributed by atoms with Crippen LogP contribution in [-0.4, -0.2) is 34.4 Å². The van der Waals surface area contributed by atoms with E-state index in [-0.39, 0.29) is 31.2 Å². The summed E-state index contributed by atoms with van der Waals surface area (Å²) in [6.45, 7) is 7.21. The van der Waals surface area contributed by atoms with Crippen LogP contribution in [0.1, 0.15) is 55.3 Å². The first-order valence-corrected chi connectivity index (χ1v) is 11.0. The van der Waals surface area contributed by atoms with Gasteiger partial charge in [0.1, 0.15) is 17.3 Å². The van der Waals surface area contributed by atoms with Crippen LogP contribution in [0.25, 0.3) is 0 Å². The summed E-state index contributed by atoms with van der Waals surface area (Å²) in [7, 11) is 0. The van der Waals surface area contributed by atoms with E-state index in [0.29, 0.717) is 27.5 Å². The van der Waals surface area contributed by atoms with Crippen LogP contribution >= 0.6 is 11.3 Å². The monoisotopic (exact) mass is 455 g/mol. The third kappa shape index (κ3) is 5.42. The number of aromatic amines is 1. The van der Waals surface area contributed by atoms with Crippen molar-refractivity contribution in [1.82, 2.24) is 9.97 Å². The van der Waals surface area contributed by atoms with Crippen LogP contribution in [0.4, 0.5) is 5.69 Å². The summed E-state index contributed by atoms with van der Waals surface area (Å²) in [5.74, 6) is -1.24. The first-order chi connectivity index (χ1) is 15.3. The van der Waals surface area contributed by atoms with Crippen molar-refractivity contribution in [2.75, 3.05) is 11.9 Å². The maximum Gasteiger partial charge on any atom is 0.355 e. The van der Waals surface area contributed by atoms with E-state index >= 15 is 0 Å². The zero-order valence-electron chi connectivity index (χ0n) is 18.4. The minimum absolute atomic E-state index is 0.0342. The van der Waals surface area contributed by atoms with Crippen molar-refractivity contribution >= 4 is 34.9 Å². The quantitative estimate of drug-likeness (QED) is 0.495. The molecule has 0 radical (unpaired) electrons. The van der Waals surface area contributed by atoms with Crippen LogP contribution in [0.15, 0.2) is 29.6 Å². The molecule has 0 saturated carbocycles. The summed E-state index contributed by atoms with van der Waals surface area (Å²) in [6, 6.07) is 7.54. The molecule has 2 N–H and O–H groups in total. The van der Waals surface area contributed by atoms with Gasteiger partial charge < -0.3 is 19.8 Å². The molecule has 1 amide bonds. The second-order valence-electron chi connectivity index (χ2n) is 7.19. The standard InChI is InChI=1S/C23H25N3O5S/c1-5-30-23(29)21-14(3)20(15(4)24-21)22(28)31-11-16-12-32-19(25-16)10-18(27)26-17-9-7-6-8-13(17)2/h6-9,12,24H,5,10-11H2,1-4H3,(H,26,27). The Morgan fingerprint density at radius 3 is 2.56 bits per heavy atom. The van der Waals surface area contributed by atoms with Gasteiger partial charge in [-0.2, -0.15) is 0 Å². The van der Waals surface area contributed by atoms with E-state index in [1.165, 1.54) is 11.3 Å². The molecular weight excluding hydrogens is 430 g/mol. The topological polar surface area (TPSA) is 110 Å². The highest BCUT2D eigenvalue weighted by atomic mass is 32.1. The average molecular weight is 456 g/mol. The van der Waals surface area contributed by atoms with Gasteiger partial charge in [-0.3, -0.25) is 4.79 Å². The van der Waals surface area contributed by atoms with E-state index in [1.54, 1.807) is 26.2 Å². The van der Waals surface area contributed by atoms with Gasteiger partial charge in [0, 0.05) is 16.8 Å². The van der Waals surface area contributed by atoms with Gasteiger partial charge in [-0.15, -0.1) is 11.3 Å². The Morgan fingerprint density at radius 2 is 1.84 bits per heavy atom. The Labute approximate surface area is 190 Å². The fourth-order valence-electron chi connectivity index (χ4n) is 3.22. The molecule has 0 saturated heterocycles. The Kier molecular flexibility index (Phi) is 7.42. The molecule has 168 valence electrons. The minimum atomic E-state index is -0.557. The average Bonchev–Trinajstić information content (AvgIpc) is 3.31. The molecule has 2 heterocycles. The lowest BCUT2D eigenvalue weighted by molar-refractivity contribution is -0.115. The Balaban J connectivity index is 1.58. The Bertz CT molecular complexity index is 1150. The van der Waals surface area contributed by atoms with Crippen LogP contribution in [0.5, 0.6) is 0 Å². The van der Waals surface area contributed by atoms with E-state index in [1.807, 2.05) is 31.2 Å². The molecule has 0 atom stereocenters. The summed E-state index contributed by atoms with van der Waals surface area (Å²) < 4.78 is 10.4. The molecule has 9 heteroatoms. The molecule has 0 bridgehead atoms. The lowest BCUT2D eigenvalue weighted by Gasteiger charge is -2.06. The number of thiazole rings is 1. The zero-order valence-corrected chi connectivity index (χ0v) is 19.2. The molecule has 2 aromatic heterocycles. The summed E-state index contributed by atoms with van der Waals surface area (Å²) in [6.07, 6.45) is 0.131. The number of carbonyl (C=O) groups is 3. The SMILES string of the molecule is CCOC(=O)c1[nH]c(C)c(C(=O)OCc2csc(CC(=O)Nc3ccccc3C)n2)c1C. The van der Waals surface area contributed by atoms with E-state index in [2.05, 4.69) is 15.3 Å². The molecule has 0 aliphatic rings. The number of aryl methyl sites for hydroxylation is 2. The fourth-order valence-corrected chi connectivity index (χ4v) is 3.99. The van der Waals surface area contributed by atoms with E-state index in [4.69, 9.17) is 9.47 Å². The first kappa shape index (κ1) is 23.2. The third-order valence-corrected chi connectivity index (χ3v) is 5.70. The van der Waals surface area contributed by atoms with Crippen LogP contribution in [-0.2, 0) is 27.3 Å². The van der Waals surface area contributed by atoms with Gasteiger partial charge in [-0.1, -0.05) is 18.2 Å². The van der Waals surface area contributed by atoms with Crippen molar-refractivity contribution < 1.29 is 23.9 Å². The number of rotatable bonds is 8. The normalized spacial score (nSPS) is 10.6. The summed E-state index contributed by atoms with van der Waals surface area (Å²) in [5, 5.41) is 5.25. The molecular formula is C23H25N3O5S. The van der Waals surface area contributed by atoms with Gasteiger partial charge in [-0.25, -0.2) is 14.6 Å². The maximum absolute atomic E-state index is 12.6. The molecule has 3 aromatic rings. The molecule has 32 heavy (non-hydrogen) atoms. The number of hydrogen-bond acceptors (Lipinski definition) is 7. The van der Waals surface area contributed by atoms with Gasteiger partial charge in [-0.05, 0) is 44.9 Å². The Hall–Kier alpha value is -3.46. The molecule has 0 aliphatic carbocycles. The molecule has 0 fully saturated rings. The number of amides is 1. The molecule has 0 spiro atoms. The number of esters is 2. The number of ether oxygens (including phenoxy) is 2. The molecule has 0 unspecified atom stereocenters. The van der Waals surface area contributed by atoms with E-state index in [0.717, 1.165) is 11.3 Å². The third-order valence-electron chi connectivity index (χ3n) is 4.80. The van der Waals surface area contributed by atoms with Crippen molar-refractivity contribution in [3.63, 3.8) is 0 Å². The first-order valence-electron chi connectivity index (χ1n) is 10.1. The number of nitrogens with one attached hydrogen (secondary N) is 2. The van der Waals surface area contributed by atoms with Crippen molar-refractivity contribution in [1.29, 1.82) is 0 Å². The van der Waals surface area contributed by atoms with Crippen LogP contribution in [0.2, 0.25) is 0 Å². The van der Waals surface area contributed by atoms with E-state index in [9.17, 15) is 14.4 Å². The number of para-hydroxylation sites is 1. The summed E-state index contributed by atoms with van der Waals surface area (Å²) >= 11 is 1.33. The Morgan fingerprint density at radius 1 is 1.09 bits per heavy atom. The highest BCUT2D eigenvalue weighted by Crippen LogP contribution is 2.21. The minimum Gasteiger partial charge on any atom is -0.461 e. The summed E-state index contributed by atoms with van der Waals surface area (Å²) in [5.41, 5.74) is 3.86. The van der Waals surface area contributed by atoms with Crippen LogP contribution in [0.3, 0.4) is 0 Å². The second-order valence-corrected chi connectivity index (χ2v) is 8.14. The molecule has 1 aromatic carbocycles. The predicted molar refractivity (Wildman–Crippen MR) is 121 cm³/mol. The van der Waals surface area contributed by atoms with Gasteiger partial charge in [0.25, 0.3) is 0 Å². The van der Waals surface area contributed by atoms with Crippen LogP contribution < -0.4 is 5.32 Å². The van der Waals surface area contributed by atoms with Gasteiger partial charge >= 0.3 is 11.9 Å². The lowest BCUT2D eigenvalue weighted by Crippen LogP contribution is -2.15. The maximum atomic E-state index is 12.6. The van der Waals surface area contributed by atoms with Gasteiger partial charge in [0.05, 0.1) is 24.3 Å². The second kappa shape index (κ2) is 10.2. The van der Waals surface area contributed by atoms with Crippen molar-refractivity contribution in [3.05, 3.63) is 68.4 Å². The number of nitrogens with zero attached hydrogens (tertiary/aromatic N) is 1. The van der Waals surface area contributed by atoms with Crippen LogP contribution in [0, 0.1) is 20.8 Å². The predicted octanol–water partition coefficient (Wildman–Crippen LogP) is 4.11. The number of hydrogen-bond donors (Lipinski definition) is 2. The number of anilines is 1.